The van der Waals surface area contributed by atoms with Crippen LogP contribution < -0.4 is 4.72 Å². The van der Waals surface area contributed by atoms with Gasteiger partial charge < -0.3 is 0 Å². The van der Waals surface area contributed by atoms with E-state index in [-0.39, 0.29) is 0 Å². The fourth-order valence-electron chi connectivity index (χ4n) is 1.73. The first-order chi connectivity index (χ1) is 6.92. The van der Waals surface area contributed by atoms with Crippen LogP contribution in [0.2, 0.25) is 0 Å². The Kier molecular flexibility index (Phi) is 4.55. The molecule has 0 aliphatic carbocycles. The molecule has 0 bridgehead atoms. The van der Waals surface area contributed by atoms with Gasteiger partial charge in [-0.05, 0) is 24.7 Å². The summed E-state index contributed by atoms with van der Waals surface area (Å²) in [6.07, 6.45) is 2.11. The lowest BCUT2D eigenvalue weighted by molar-refractivity contribution is 0.277. The van der Waals surface area contributed by atoms with Gasteiger partial charge in [0, 0.05) is 19.6 Å². The molecule has 0 aromatic rings. The van der Waals surface area contributed by atoms with Crippen LogP contribution in [0.3, 0.4) is 0 Å². The van der Waals surface area contributed by atoms with E-state index in [1.54, 1.807) is 4.31 Å². The molecule has 0 amide bonds. The maximum absolute atomic E-state index is 11.9. The van der Waals surface area contributed by atoms with E-state index in [0.717, 1.165) is 12.8 Å². The molecule has 0 radical (unpaired) electrons. The Morgan fingerprint density at radius 1 is 1.47 bits per heavy atom. The Labute approximate surface area is 93.2 Å². The Balaban J connectivity index is 2.52. The van der Waals surface area contributed by atoms with Gasteiger partial charge in [0.1, 0.15) is 0 Å². The van der Waals surface area contributed by atoms with Crippen LogP contribution in [0.4, 0.5) is 0 Å². The zero-order valence-corrected chi connectivity index (χ0v) is 10.7. The minimum absolute atomic E-state index is 0.349. The second kappa shape index (κ2) is 5.27. The zero-order valence-electron chi connectivity index (χ0n) is 9.86. The third kappa shape index (κ3) is 4.09. The SMILES string of the molecule is CC(C)CNS(=O)(=O)N1CCCC(C)C1. The summed E-state index contributed by atoms with van der Waals surface area (Å²) < 4.78 is 27.9. The maximum atomic E-state index is 11.9. The molecule has 1 heterocycles. The van der Waals surface area contributed by atoms with E-state index in [4.69, 9.17) is 0 Å². The Morgan fingerprint density at radius 2 is 2.13 bits per heavy atom. The molecule has 0 saturated carbocycles. The van der Waals surface area contributed by atoms with Crippen LogP contribution in [0.1, 0.15) is 33.6 Å². The second-order valence-corrected chi connectivity index (χ2v) is 6.61. The molecule has 0 spiro atoms. The normalized spacial score (nSPS) is 24.7. The van der Waals surface area contributed by atoms with Gasteiger partial charge in [0.2, 0.25) is 0 Å². The van der Waals surface area contributed by atoms with Gasteiger partial charge in [-0.3, -0.25) is 0 Å². The second-order valence-electron chi connectivity index (χ2n) is 4.85. The molecule has 1 atom stereocenters. The van der Waals surface area contributed by atoms with Crippen molar-refractivity contribution in [3.63, 3.8) is 0 Å². The lowest BCUT2D eigenvalue weighted by atomic mass is 10.0. The zero-order chi connectivity index (χ0) is 11.5. The van der Waals surface area contributed by atoms with Crippen LogP contribution in [0.15, 0.2) is 0 Å². The molecule has 90 valence electrons. The highest BCUT2D eigenvalue weighted by Gasteiger charge is 2.26. The largest absolute Gasteiger partial charge is 0.279 e. The Morgan fingerprint density at radius 3 is 2.67 bits per heavy atom. The topological polar surface area (TPSA) is 49.4 Å². The molecule has 0 aromatic carbocycles. The van der Waals surface area contributed by atoms with Crippen molar-refractivity contribution in [3.8, 4) is 0 Å². The van der Waals surface area contributed by atoms with Gasteiger partial charge >= 0.3 is 0 Å². The fourth-order valence-corrected chi connectivity index (χ4v) is 3.27. The molecule has 1 saturated heterocycles. The first-order valence-electron chi connectivity index (χ1n) is 5.66. The van der Waals surface area contributed by atoms with E-state index in [2.05, 4.69) is 11.6 Å². The third-order valence-electron chi connectivity index (χ3n) is 2.63. The van der Waals surface area contributed by atoms with Crippen LogP contribution in [0, 0.1) is 11.8 Å². The van der Waals surface area contributed by atoms with E-state index in [1.165, 1.54) is 0 Å². The number of hydrogen-bond acceptors (Lipinski definition) is 2. The Hall–Kier alpha value is -0.130. The predicted molar refractivity (Wildman–Crippen MR) is 61.7 cm³/mol. The first kappa shape index (κ1) is 12.9. The average Bonchev–Trinajstić information content (AvgIpc) is 2.15. The van der Waals surface area contributed by atoms with Crippen molar-refractivity contribution < 1.29 is 8.42 Å². The van der Waals surface area contributed by atoms with Gasteiger partial charge in [-0.1, -0.05) is 20.8 Å². The van der Waals surface area contributed by atoms with Crippen molar-refractivity contribution in [1.82, 2.24) is 9.03 Å². The number of piperidine rings is 1. The van der Waals surface area contributed by atoms with Crippen LogP contribution in [0.5, 0.6) is 0 Å². The average molecular weight is 234 g/mol. The smallest absolute Gasteiger partial charge is 0.202 e. The van der Waals surface area contributed by atoms with E-state index in [9.17, 15) is 8.42 Å². The van der Waals surface area contributed by atoms with Crippen molar-refractivity contribution in [2.24, 2.45) is 11.8 Å². The fraction of sp³-hybridized carbons (Fsp3) is 1.00. The van der Waals surface area contributed by atoms with Gasteiger partial charge in [-0.15, -0.1) is 0 Å². The minimum Gasteiger partial charge on any atom is -0.202 e. The molecule has 4 nitrogen and oxygen atoms in total. The molecule has 1 aliphatic rings. The summed E-state index contributed by atoms with van der Waals surface area (Å²) in [7, 11) is -3.23. The molecule has 1 N–H and O–H groups in total. The maximum Gasteiger partial charge on any atom is 0.279 e. The van der Waals surface area contributed by atoms with Crippen LogP contribution >= 0.6 is 0 Å². The molecular weight excluding hydrogens is 212 g/mol. The van der Waals surface area contributed by atoms with Crippen molar-refractivity contribution in [2.45, 2.75) is 33.6 Å². The molecular formula is C10H22N2O2S. The summed E-state index contributed by atoms with van der Waals surface area (Å²) in [5.41, 5.74) is 0. The molecule has 5 heteroatoms. The monoisotopic (exact) mass is 234 g/mol. The summed E-state index contributed by atoms with van der Waals surface area (Å²) in [4.78, 5) is 0. The molecule has 15 heavy (non-hydrogen) atoms. The number of rotatable bonds is 4. The van der Waals surface area contributed by atoms with Gasteiger partial charge in [0.25, 0.3) is 10.2 Å². The van der Waals surface area contributed by atoms with E-state index in [0.29, 0.717) is 31.5 Å². The van der Waals surface area contributed by atoms with Crippen LogP contribution in [-0.2, 0) is 10.2 Å². The summed E-state index contributed by atoms with van der Waals surface area (Å²) >= 11 is 0. The summed E-state index contributed by atoms with van der Waals surface area (Å²) in [6.45, 7) is 7.95. The standard InChI is InChI=1S/C10H22N2O2S/c1-9(2)7-11-15(13,14)12-6-4-5-10(3)8-12/h9-11H,4-8H2,1-3H3. The molecule has 1 fully saturated rings. The molecule has 1 aliphatic heterocycles. The van der Waals surface area contributed by atoms with E-state index in [1.807, 2.05) is 13.8 Å². The first-order valence-corrected chi connectivity index (χ1v) is 7.10. The third-order valence-corrected chi connectivity index (χ3v) is 4.18. The highest BCUT2D eigenvalue weighted by Crippen LogP contribution is 2.17. The molecule has 1 unspecified atom stereocenters. The summed E-state index contributed by atoms with van der Waals surface area (Å²) in [6, 6.07) is 0. The van der Waals surface area contributed by atoms with Crippen molar-refractivity contribution in [2.75, 3.05) is 19.6 Å². The number of nitrogens with zero attached hydrogens (tertiary/aromatic N) is 1. The number of nitrogens with one attached hydrogen (secondary N) is 1. The van der Waals surface area contributed by atoms with Crippen molar-refractivity contribution >= 4 is 10.2 Å². The van der Waals surface area contributed by atoms with E-state index < -0.39 is 10.2 Å². The highest BCUT2D eigenvalue weighted by molar-refractivity contribution is 7.87. The minimum atomic E-state index is -3.23. The van der Waals surface area contributed by atoms with Gasteiger partial charge in [-0.2, -0.15) is 12.7 Å². The van der Waals surface area contributed by atoms with Crippen LogP contribution in [-0.4, -0.2) is 32.4 Å². The number of hydrogen-bond donors (Lipinski definition) is 1. The predicted octanol–water partition coefficient (Wildman–Crippen LogP) is 1.21. The quantitative estimate of drug-likeness (QED) is 0.795. The van der Waals surface area contributed by atoms with Crippen LogP contribution in [0.25, 0.3) is 0 Å². The van der Waals surface area contributed by atoms with Crippen molar-refractivity contribution in [1.29, 1.82) is 0 Å². The molecule has 0 aromatic heterocycles. The van der Waals surface area contributed by atoms with Gasteiger partial charge in [-0.25, -0.2) is 4.72 Å². The highest BCUT2D eigenvalue weighted by atomic mass is 32.2. The van der Waals surface area contributed by atoms with Gasteiger partial charge in [0.15, 0.2) is 0 Å². The summed E-state index contributed by atoms with van der Waals surface area (Å²) in [5, 5.41) is 0. The summed E-state index contributed by atoms with van der Waals surface area (Å²) in [5.74, 6) is 0.830. The lowest BCUT2D eigenvalue weighted by Crippen LogP contribution is -2.46. The lowest BCUT2D eigenvalue weighted by Gasteiger charge is -2.30. The van der Waals surface area contributed by atoms with E-state index >= 15 is 0 Å². The van der Waals surface area contributed by atoms with Crippen molar-refractivity contribution in [3.05, 3.63) is 0 Å². The van der Waals surface area contributed by atoms with Gasteiger partial charge in [0.05, 0.1) is 0 Å². The Bertz CT molecular complexity index is 288. The molecule has 1 rings (SSSR count).